The number of thiophene rings is 1. The molecule has 0 saturated carbocycles. The minimum atomic E-state index is 0.180. The van der Waals surface area contributed by atoms with Gasteiger partial charge in [0, 0.05) is 5.56 Å². The van der Waals surface area contributed by atoms with Crippen LogP contribution in [0.4, 0.5) is 0 Å². The number of aryl methyl sites for hydroxylation is 1. The molecule has 3 rings (SSSR count). The summed E-state index contributed by atoms with van der Waals surface area (Å²) in [7, 11) is 0. The predicted octanol–water partition coefficient (Wildman–Crippen LogP) is 4.96. The summed E-state index contributed by atoms with van der Waals surface area (Å²) in [5, 5.41) is 2.15. The van der Waals surface area contributed by atoms with Gasteiger partial charge >= 0.3 is 0 Å². The molecule has 0 bridgehead atoms. The number of nitrogens with zero attached hydrogens (tertiary/aromatic N) is 2. The molecule has 3 heteroatoms. The lowest BCUT2D eigenvalue weighted by Crippen LogP contribution is -2.10. The molecule has 0 radical (unpaired) electrons. The minimum absolute atomic E-state index is 0.180. The second-order valence-electron chi connectivity index (χ2n) is 6.15. The molecular weight excluding hydrogens is 264 g/mol. The number of fused-ring (bicyclic) bond motifs is 1. The molecule has 0 saturated heterocycles. The lowest BCUT2D eigenvalue weighted by atomic mass is 9.86. The molecule has 0 fully saturated rings. The van der Waals surface area contributed by atoms with Gasteiger partial charge in [0.05, 0.1) is 15.9 Å². The van der Waals surface area contributed by atoms with E-state index in [0.717, 1.165) is 16.8 Å². The van der Waals surface area contributed by atoms with E-state index < -0.39 is 0 Å². The molecular formula is C17H18N2S. The fraction of sp³-hybridized carbons (Fsp3) is 0.294. The second-order valence-corrected chi connectivity index (χ2v) is 7.03. The van der Waals surface area contributed by atoms with Crippen LogP contribution in [-0.2, 0) is 5.41 Å². The van der Waals surface area contributed by atoms with Crippen LogP contribution >= 0.6 is 11.3 Å². The van der Waals surface area contributed by atoms with Crippen molar-refractivity contribution in [2.45, 2.75) is 33.1 Å². The molecule has 0 aliphatic rings. The molecule has 0 aliphatic carbocycles. The van der Waals surface area contributed by atoms with Gasteiger partial charge in [-0.25, -0.2) is 9.97 Å². The van der Waals surface area contributed by atoms with Crippen molar-refractivity contribution in [2.24, 2.45) is 0 Å². The molecule has 0 spiro atoms. The lowest BCUT2D eigenvalue weighted by Gasteiger charge is -2.19. The van der Waals surface area contributed by atoms with Crippen molar-refractivity contribution < 1.29 is 0 Å². The Kier molecular flexibility index (Phi) is 3.09. The van der Waals surface area contributed by atoms with Gasteiger partial charge in [0.25, 0.3) is 0 Å². The lowest BCUT2D eigenvalue weighted by molar-refractivity contribution is 0.590. The normalized spacial score (nSPS) is 12.0. The first-order valence-corrected chi connectivity index (χ1v) is 7.64. The number of rotatable bonds is 1. The highest BCUT2D eigenvalue weighted by atomic mass is 32.1. The summed E-state index contributed by atoms with van der Waals surface area (Å²) in [6, 6.07) is 8.72. The number of aromatic nitrogens is 2. The van der Waals surface area contributed by atoms with Crippen molar-refractivity contribution in [1.29, 1.82) is 0 Å². The number of hydrogen-bond donors (Lipinski definition) is 0. The number of benzene rings is 1. The van der Waals surface area contributed by atoms with Gasteiger partial charge in [-0.1, -0.05) is 45.0 Å². The molecule has 102 valence electrons. The summed E-state index contributed by atoms with van der Waals surface area (Å²) < 4.78 is 1.17. The van der Waals surface area contributed by atoms with Crippen LogP contribution in [0.25, 0.3) is 21.5 Å². The van der Waals surface area contributed by atoms with E-state index in [9.17, 15) is 0 Å². The first-order chi connectivity index (χ1) is 9.47. The van der Waals surface area contributed by atoms with E-state index in [2.05, 4.69) is 67.3 Å². The molecule has 2 nitrogen and oxygen atoms in total. The molecule has 2 heterocycles. The second kappa shape index (κ2) is 4.67. The van der Waals surface area contributed by atoms with E-state index >= 15 is 0 Å². The van der Waals surface area contributed by atoms with E-state index in [-0.39, 0.29) is 5.41 Å². The molecule has 0 atom stereocenters. The standard InChI is InChI=1S/C17H18N2S/c1-11-9-20-16-14(11)18-10-19-15(16)12-5-7-13(8-6-12)17(2,3)4/h5-10H,1-4H3. The molecule has 20 heavy (non-hydrogen) atoms. The Hall–Kier alpha value is -1.74. The highest BCUT2D eigenvalue weighted by Gasteiger charge is 2.14. The maximum absolute atomic E-state index is 4.48. The van der Waals surface area contributed by atoms with E-state index in [0.29, 0.717) is 0 Å². The van der Waals surface area contributed by atoms with Crippen LogP contribution in [0.2, 0.25) is 0 Å². The summed E-state index contributed by atoms with van der Waals surface area (Å²) in [4.78, 5) is 8.86. The summed E-state index contributed by atoms with van der Waals surface area (Å²) in [5.41, 5.74) is 6.01. The van der Waals surface area contributed by atoms with Crippen LogP contribution in [-0.4, -0.2) is 9.97 Å². The minimum Gasteiger partial charge on any atom is -0.235 e. The Balaban J connectivity index is 2.12. The van der Waals surface area contributed by atoms with E-state index in [1.54, 1.807) is 17.7 Å². The Morgan fingerprint density at radius 3 is 2.35 bits per heavy atom. The van der Waals surface area contributed by atoms with Gasteiger partial charge in [0.1, 0.15) is 6.33 Å². The third-order valence-electron chi connectivity index (χ3n) is 3.56. The molecule has 3 aromatic rings. The van der Waals surface area contributed by atoms with Gasteiger partial charge in [-0.2, -0.15) is 0 Å². The van der Waals surface area contributed by atoms with E-state index in [1.165, 1.54) is 15.8 Å². The predicted molar refractivity (Wildman–Crippen MR) is 86.3 cm³/mol. The average molecular weight is 282 g/mol. The SMILES string of the molecule is Cc1csc2c(-c3ccc(C(C)(C)C)cc3)ncnc12. The Morgan fingerprint density at radius 1 is 1.00 bits per heavy atom. The Bertz CT molecular complexity index is 749. The van der Waals surface area contributed by atoms with Crippen LogP contribution in [0.5, 0.6) is 0 Å². The van der Waals surface area contributed by atoms with Gasteiger partial charge < -0.3 is 0 Å². The van der Waals surface area contributed by atoms with Gasteiger partial charge in [0.15, 0.2) is 0 Å². The maximum atomic E-state index is 4.48. The summed E-state index contributed by atoms with van der Waals surface area (Å²) in [6.07, 6.45) is 1.66. The molecule has 0 aliphatic heterocycles. The van der Waals surface area contributed by atoms with Crippen LogP contribution in [0, 0.1) is 6.92 Å². The Labute approximate surface area is 123 Å². The third kappa shape index (κ3) is 2.22. The molecule has 2 aromatic heterocycles. The van der Waals surface area contributed by atoms with Gasteiger partial charge in [-0.05, 0) is 28.8 Å². The fourth-order valence-electron chi connectivity index (χ4n) is 2.30. The smallest absolute Gasteiger partial charge is 0.116 e. The number of hydrogen-bond acceptors (Lipinski definition) is 3. The van der Waals surface area contributed by atoms with Crippen molar-refractivity contribution in [3.8, 4) is 11.3 Å². The first kappa shape index (κ1) is 13.3. The van der Waals surface area contributed by atoms with E-state index in [1.807, 2.05) is 0 Å². The van der Waals surface area contributed by atoms with Crippen LogP contribution in [0.15, 0.2) is 36.0 Å². The molecule has 1 aromatic carbocycles. The van der Waals surface area contributed by atoms with Crippen molar-refractivity contribution >= 4 is 21.6 Å². The van der Waals surface area contributed by atoms with Crippen molar-refractivity contribution in [3.63, 3.8) is 0 Å². The average Bonchev–Trinajstić information content (AvgIpc) is 2.80. The monoisotopic (exact) mass is 282 g/mol. The van der Waals surface area contributed by atoms with Gasteiger partial charge in [0.2, 0.25) is 0 Å². The summed E-state index contributed by atoms with van der Waals surface area (Å²) in [5.74, 6) is 0. The van der Waals surface area contributed by atoms with E-state index in [4.69, 9.17) is 0 Å². The molecule has 0 unspecified atom stereocenters. The van der Waals surface area contributed by atoms with Crippen LogP contribution in [0.3, 0.4) is 0 Å². The fourth-order valence-corrected chi connectivity index (χ4v) is 3.32. The molecule has 0 N–H and O–H groups in total. The van der Waals surface area contributed by atoms with Crippen LogP contribution in [0.1, 0.15) is 31.9 Å². The van der Waals surface area contributed by atoms with Gasteiger partial charge in [-0.3, -0.25) is 0 Å². The zero-order chi connectivity index (χ0) is 14.3. The van der Waals surface area contributed by atoms with Crippen molar-refractivity contribution in [3.05, 3.63) is 47.1 Å². The summed E-state index contributed by atoms with van der Waals surface area (Å²) >= 11 is 1.72. The maximum Gasteiger partial charge on any atom is 0.116 e. The summed E-state index contributed by atoms with van der Waals surface area (Å²) in [6.45, 7) is 8.78. The first-order valence-electron chi connectivity index (χ1n) is 6.76. The van der Waals surface area contributed by atoms with Gasteiger partial charge in [-0.15, -0.1) is 11.3 Å². The zero-order valence-corrected chi connectivity index (χ0v) is 13.1. The van der Waals surface area contributed by atoms with Crippen molar-refractivity contribution in [2.75, 3.05) is 0 Å². The molecule has 0 amide bonds. The van der Waals surface area contributed by atoms with Crippen LogP contribution < -0.4 is 0 Å². The zero-order valence-electron chi connectivity index (χ0n) is 12.3. The quantitative estimate of drug-likeness (QED) is 0.630. The third-order valence-corrected chi connectivity index (χ3v) is 4.65. The largest absolute Gasteiger partial charge is 0.235 e. The van der Waals surface area contributed by atoms with Crippen molar-refractivity contribution in [1.82, 2.24) is 9.97 Å². The highest BCUT2D eigenvalue weighted by Crippen LogP contribution is 2.32. The Morgan fingerprint density at radius 2 is 1.70 bits per heavy atom. The topological polar surface area (TPSA) is 25.8 Å². The highest BCUT2D eigenvalue weighted by molar-refractivity contribution is 7.17.